The molecule has 3 N–H and O–H groups in total. The van der Waals surface area contributed by atoms with E-state index in [9.17, 15) is 0 Å². The summed E-state index contributed by atoms with van der Waals surface area (Å²) in [5.41, 5.74) is 7.60. The van der Waals surface area contributed by atoms with Gasteiger partial charge >= 0.3 is 0 Å². The van der Waals surface area contributed by atoms with Crippen LogP contribution in [0, 0.1) is 0 Å². The summed E-state index contributed by atoms with van der Waals surface area (Å²) in [5, 5.41) is 3.43. The molecule has 4 heteroatoms. The van der Waals surface area contributed by atoms with E-state index in [2.05, 4.69) is 31.2 Å². The predicted octanol–water partition coefficient (Wildman–Crippen LogP) is 2.42. The van der Waals surface area contributed by atoms with Gasteiger partial charge in [-0.1, -0.05) is 0 Å². The van der Waals surface area contributed by atoms with Gasteiger partial charge in [-0.2, -0.15) is 0 Å². The Bertz CT molecular complexity index is 377. The lowest BCUT2D eigenvalue weighted by molar-refractivity contribution is 0.242. The van der Waals surface area contributed by atoms with E-state index in [1.54, 1.807) is 0 Å². The summed E-state index contributed by atoms with van der Waals surface area (Å²) in [6.07, 6.45) is 0.152. The fourth-order valence-corrected chi connectivity index (χ4v) is 1.92. The standard InChI is InChI=1S/C14H25N3O/c1-10(2)18-14-7-12(15)6-13(8-14)16-11(3)9-17(4)5/h6-8,10-11,16H,9,15H2,1-5H3. The van der Waals surface area contributed by atoms with Crippen molar-refractivity contribution < 1.29 is 4.74 Å². The van der Waals surface area contributed by atoms with Gasteiger partial charge in [-0.05, 0) is 40.9 Å². The lowest BCUT2D eigenvalue weighted by Gasteiger charge is -2.20. The van der Waals surface area contributed by atoms with Gasteiger partial charge in [0.15, 0.2) is 0 Å². The zero-order chi connectivity index (χ0) is 13.7. The van der Waals surface area contributed by atoms with Gasteiger partial charge in [-0.3, -0.25) is 0 Å². The molecule has 0 amide bonds. The molecule has 4 nitrogen and oxygen atoms in total. The minimum atomic E-state index is 0.152. The van der Waals surface area contributed by atoms with E-state index >= 15 is 0 Å². The van der Waals surface area contributed by atoms with E-state index in [1.165, 1.54) is 0 Å². The fraction of sp³-hybridized carbons (Fsp3) is 0.571. The normalized spacial score (nSPS) is 12.8. The molecule has 0 saturated heterocycles. The number of nitrogens with zero attached hydrogens (tertiary/aromatic N) is 1. The van der Waals surface area contributed by atoms with Crippen LogP contribution >= 0.6 is 0 Å². The van der Waals surface area contributed by atoms with Crippen molar-refractivity contribution in [3.63, 3.8) is 0 Å². The Morgan fingerprint density at radius 3 is 2.44 bits per heavy atom. The molecule has 0 fully saturated rings. The quantitative estimate of drug-likeness (QED) is 0.762. The maximum atomic E-state index is 5.88. The van der Waals surface area contributed by atoms with E-state index in [0.717, 1.165) is 18.0 Å². The summed E-state index contributed by atoms with van der Waals surface area (Å²) >= 11 is 0. The lowest BCUT2D eigenvalue weighted by atomic mass is 10.2. The monoisotopic (exact) mass is 251 g/mol. The molecule has 0 bridgehead atoms. The van der Waals surface area contributed by atoms with Gasteiger partial charge in [-0.25, -0.2) is 0 Å². The van der Waals surface area contributed by atoms with Gasteiger partial charge in [0.1, 0.15) is 5.75 Å². The van der Waals surface area contributed by atoms with Crippen molar-refractivity contribution in [3.8, 4) is 5.75 Å². The molecule has 102 valence electrons. The van der Waals surface area contributed by atoms with E-state index in [-0.39, 0.29) is 6.10 Å². The molecule has 1 atom stereocenters. The molecular weight excluding hydrogens is 226 g/mol. The molecule has 0 spiro atoms. The Balaban J connectivity index is 2.73. The van der Waals surface area contributed by atoms with Gasteiger partial charge in [-0.15, -0.1) is 0 Å². The first-order valence-corrected chi connectivity index (χ1v) is 6.35. The summed E-state index contributed by atoms with van der Waals surface area (Å²) in [4.78, 5) is 2.15. The number of nitrogen functional groups attached to an aromatic ring is 1. The van der Waals surface area contributed by atoms with Crippen LogP contribution in [0.3, 0.4) is 0 Å². The molecule has 0 saturated carbocycles. The van der Waals surface area contributed by atoms with Gasteiger partial charge in [0, 0.05) is 36.1 Å². The van der Waals surface area contributed by atoms with Crippen LogP contribution in [0.4, 0.5) is 11.4 Å². The average molecular weight is 251 g/mol. The number of hydrogen-bond acceptors (Lipinski definition) is 4. The van der Waals surface area contributed by atoms with E-state index in [0.29, 0.717) is 11.7 Å². The minimum absolute atomic E-state index is 0.152. The Morgan fingerprint density at radius 2 is 1.89 bits per heavy atom. The zero-order valence-electron chi connectivity index (χ0n) is 12.0. The third-order valence-electron chi connectivity index (χ3n) is 2.35. The molecule has 0 radical (unpaired) electrons. The molecule has 0 aliphatic rings. The largest absolute Gasteiger partial charge is 0.491 e. The second-order valence-corrected chi connectivity index (χ2v) is 5.26. The Kier molecular flexibility index (Phi) is 5.28. The maximum Gasteiger partial charge on any atom is 0.123 e. The molecule has 1 aromatic rings. The van der Waals surface area contributed by atoms with Crippen LogP contribution in [0.2, 0.25) is 0 Å². The molecular formula is C14H25N3O. The highest BCUT2D eigenvalue weighted by Gasteiger charge is 2.06. The molecule has 18 heavy (non-hydrogen) atoms. The highest BCUT2D eigenvalue weighted by Crippen LogP contribution is 2.24. The predicted molar refractivity (Wildman–Crippen MR) is 78.3 cm³/mol. The molecule has 1 unspecified atom stereocenters. The number of nitrogens with one attached hydrogen (secondary N) is 1. The summed E-state index contributed by atoms with van der Waals surface area (Å²) in [6.45, 7) is 7.12. The number of nitrogens with two attached hydrogens (primary N) is 1. The van der Waals surface area contributed by atoms with Crippen molar-refractivity contribution in [1.82, 2.24) is 4.90 Å². The molecule has 0 heterocycles. The van der Waals surface area contributed by atoms with Crippen molar-refractivity contribution in [2.45, 2.75) is 32.9 Å². The van der Waals surface area contributed by atoms with Gasteiger partial charge < -0.3 is 20.7 Å². The molecule has 1 aromatic carbocycles. The van der Waals surface area contributed by atoms with Gasteiger partial charge in [0.25, 0.3) is 0 Å². The molecule has 0 aliphatic heterocycles. The maximum absolute atomic E-state index is 5.88. The van der Waals surface area contributed by atoms with E-state index in [1.807, 2.05) is 32.0 Å². The Hall–Kier alpha value is -1.42. The fourth-order valence-electron chi connectivity index (χ4n) is 1.92. The summed E-state index contributed by atoms with van der Waals surface area (Å²) < 4.78 is 5.67. The van der Waals surface area contributed by atoms with Crippen molar-refractivity contribution in [3.05, 3.63) is 18.2 Å². The minimum Gasteiger partial charge on any atom is -0.491 e. The van der Waals surface area contributed by atoms with E-state index < -0.39 is 0 Å². The first-order chi connectivity index (χ1) is 8.36. The highest BCUT2D eigenvalue weighted by molar-refractivity contribution is 5.59. The third kappa shape index (κ3) is 5.27. The second kappa shape index (κ2) is 6.50. The number of ether oxygens (including phenoxy) is 1. The van der Waals surface area contributed by atoms with Crippen LogP contribution < -0.4 is 15.8 Å². The van der Waals surface area contributed by atoms with Gasteiger partial charge in [0.2, 0.25) is 0 Å². The first-order valence-electron chi connectivity index (χ1n) is 6.35. The third-order valence-corrected chi connectivity index (χ3v) is 2.35. The molecule has 0 aliphatic carbocycles. The average Bonchev–Trinajstić information content (AvgIpc) is 2.12. The van der Waals surface area contributed by atoms with Crippen LogP contribution in [0.25, 0.3) is 0 Å². The molecule has 0 aromatic heterocycles. The number of rotatable bonds is 6. The number of likely N-dealkylation sites (N-methyl/N-ethyl adjacent to an activating group) is 1. The summed E-state index contributed by atoms with van der Waals surface area (Å²) in [6, 6.07) is 6.12. The van der Waals surface area contributed by atoms with Crippen molar-refractivity contribution in [2.75, 3.05) is 31.7 Å². The number of anilines is 2. The van der Waals surface area contributed by atoms with Crippen LogP contribution in [0.15, 0.2) is 18.2 Å². The highest BCUT2D eigenvalue weighted by atomic mass is 16.5. The Morgan fingerprint density at radius 1 is 1.22 bits per heavy atom. The van der Waals surface area contributed by atoms with Crippen molar-refractivity contribution in [2.24, 2.45) is 0 Å². The van der Waals surface area contributed by atoms with Gasteiger partial charge in [0.05, 0.1) is 6.10 Å². The van der Waals surface area contributed by atoms with Crippen molar-refractivity contribution in [1.29, 1.82) is 0 Å². The molecule has 1 rings (SSSR count). The van der Waals surface area contributed by atoms with E-state index in [4.69, 9.17) is 10.5 Å². The van der Waals surface area contributed by atoms with Crippen LogP contribution in [-0.2, 0) is 0 Å². The number of hydrogen-bond donors (Lipinski definition) is 2. The van der Waals surface area contributed by atoms with Crippen LogP contribution in [0.5, 0.6) is 5.75 Å². The van der Waals surface area contributed by atoms with Crippen LogP contribution in [0.1, 0.15) is 20.8 Å². The van der Waals surface area contributed by atoms with Crippen LogP contribution in [-0.4, -0.2) is 37.7 Å². The second-order valence-electron chi connectivity index (χ2n) is 5.26. The zero-order valence-corrected chi connectivity index (χ0v) is 12.0. The Labute approximate surface area is 110 Å². The topological polar surface area (TPSA) is 50.5 Å². The smallest absolute Gasteiger partial charge is 0.123 e. The summed E-state index contributed by atoms with van der Waals surface area (Å²) in [5.74, 6) is 0.810. The lowest BCUT2D eigenvalue weighted by Crippen LogP contribution is -2.29. The summed E-state index contributed by atoms with van der Waals surface area (Å²) in [7, 11) is 4.12. The van der Waals surface area contributed by atoms with Crippen molar-refractivity contribution >= 4 is 11.4 Å². The SMILES string of the molecule is CC(CN(C)C)Nc1cc(N)cc(OC(C)C)c1. The first kappa shape index (κ1) is 14.6. The number of benzene rings is 1.